The van der Waals surface area contributed by atoms with E-state index in [1.807, 2.05) is 0 Å². The Labute approximate surface area is 266 Å². The molecule has 4 unspecified atom stereocenters. The molecule has 0 bridgehead atoms. The van der Waals surface area contributed by atoms with Crippen molar-refractivity contribution >= 4 is 69.9 Å². The van der Waals surface area contributed by atoms with Crippen molar-refractivity contribution in [2.24, 2.45) is 22.3 Å². The van der Waals surface area contributed by atoms with Crippen LogP contribution in [0, 0.1) is 10.8 Å². The topological polar surface area (TPSA) is 139 Å². The van der Waals surface area contributed by atoms with Crippen LogP contribution in [0.5, 0.6) is 0 Å². The lowest BCUT2D eigenvalue weighted by Crippen LogP contribution is -2.40. The normalized spacial score (nSPS) is 14.9. The van der Waals surface area contributed by atoms with Gasteiger partial charge in [-0.2, -0.15) is 0 Å². The number of carbonyl (C=O) groups excluding carboxylic acids is 4. The number of ether oxygens (including phenoxy) is 2. The third-order valence-electron chi connectivity index (χ3n) is 6.75. The first-order valence-electron chi connectivity index (χ1n) is 13.2. The van der Waals surface area contributed by atoms with Crippen LogP contribution in [0.3, 0.4) is 0 Å². The van der Waals surface area contributed by atoms with Gasteiger partial charge in [0.15, 0.2) is 0 Å². The fourth-order valence-corrected chi connectivity index (χ4v) is 5.52. The van der Waals surface area contributed by atoms with Gasteiger partial charge in [0.2, 0.25) is 0 Å². The Morgan fingerprint density at radius 3 is 1.12 bits per heavy atom. The van der Waals surface area contributed by atoms with Gasteiger partial charge in [0.05, 0.1) is 10.8 Å². The predicted octanol–water partition coefficient (Wildman–Crippen LogP) is 6.83. The molecule has 0 saturated carbocycles. The highest BCUT2D eigenvalue weighted by Crippen LogP contribution is 2.43. The average Bonchev–Trinajstić information content (AvgIpc) is 2.83. The van der Waals surface area contributed by atoms with Gasteiger partial charge < -0.3 is 20.9 Å². The Morgan fingerprint density at radius 1 is 0.619 bits per heavy atom. The van der Waals surface area contributed by atoms with Gasteiger partial charge in [-0.05, 0) is 89.1 Å². The molecule has 2 rings (SSSR count). The highest BCUT2D eigenvalue weighted by molar-refractivity contribution is 6.35. The van der Waals surface area contributed by atoms with Crippen molar-refractivity contribution in [1.29, 1.82) is 0 Å². The molecule has 0 aliphatic rings. The molecular formula is C30H36Cl4N2O6. The summed E-state index contributed by atoms with van der Waals surface area (Å²) in [6, 6.07) is 7.91. The molecule has 0 radical (unpaired) electrons. The van der Waals surface area contributed by atoms with Gasteiger partial charge in [0, 0.05) is 45.0 Å². The van der Waals surface area contributed by atoms with Crippen molar-refractivity contribution in [3.63, 3.8) is 0 Å². The molecule has 42 heavy (non-hydrogen) atoms. The number of rotatable bonds is 12. The molecule has 0 amide bonds. The Balaban J connectivity index is 2.52. The quantitative estimate of drug-likeness (QED) is 0.186. The van der Waals surface area contributed by atoms with Crippen molar-refractivity contribution in [1.82, 2.24) is 0 Å². The molecule has 2 aromatic carbocycles. The van der Waals surface area contributed by atoms with Crippen LogP contribution in [0.4, 0.5) is 0 Å². The number of ketones is 2. The number of hydrogen-bond donors (Lipinski definition) is 2. The first kappa shape index (κ1) is 36.0. The summed E-state index contributed by atoms with van der Waals surface area (Å²) in [4.78, 5) is 53.0. The van der Waals surface area contributed by atoms with Gasteiger partial charge in [-0.1, -0.05) is 46.4 Å². The van der Waals surface area contributed by atoms with E-state index >= 15 is 0 Å². The molecule has 4 N–H and O–H groups in total. The zero-order valence-corrected chi connectivity index (χ0v) is 27.3. The summed E-state index contributed by atoms with van der Waals surface area (Å²) in [7, 11) is 0. The summed E-state index contributed by atoms with van der Waals surface area (Å²) in [5.74, 6) is -3.47. The average molecular weight is 662 g/mol. The Morgan fingerprint density at radius 2 is 0.881 bits per heavy atom. The Bertz CT molecular complexity index is 1200. The fourth-order valence-electron chi connectivity index (χ4n) is 4.43. The summed E-state index contributed by atoms with van der Waals surface area (Å²) < 4.78 is 11.3. The number of hydrogen-bond acceptors (Lipinski definition) is 8. The summed E-state index contributed by atoms with van der Waals surface area (Å²) in [5, 5.41) is 0.903. The third kappa shape index (κ3) is 9.40. The minimum Gasteiger partial charge on any atom is -0.448 e. The van der Waals surface area contributed by atoms with E-state index in [4.69, 9.17) is 67.3 Å². The van der Waals surface area contributed by atoms with E-state index in [1.54, 1.807) is 41.5 Å². The van der Waals surface area contributed by atoms with Crippen LogP contribution in [-0.4, -0.2) is 35.6 Å². The van der Waals surface area contributed by atoms with Crippen molar-refractivity contribution < 1.29 is 28.7 Å². The SMILES string of the molecule is CC(N)CC(=O)C(C)(C)C(OC(=O)C(=O)OC(c1cc(Cl)cc(Cl)c1)C(C)(C)C(=O)CC(C)N)c1cc(Cl)cc(Cl)c1. The van der Waals surface area contributed by atoms with Gasteiger partial charge >= 0.3 is 11.9 Å². The van der Waals surface area contributed by atoms with Crippen molar-refractivity contribution in [2.75, 3.05) is 0 Å². The first-order chi connectivity index (χ1) is 19.2. The Hall–Kier alpha value is -2.20. The monoisotopic (exact) mass is 660 g/mol. The second-order valence-corrected chi connectivity index (χ2v) is 13.4. The van der Waals surface area contributed by atoms with E-state index in [9.17, 15) is 19.2 Å². The molecule has 0 heterocycles. The van der Waals surface area contributed by atoms with Gasteiger partial charge in [0.1, 0.15) is 23.8 Å². The zero-order chi connectivity index (χ0) is 32.2. The molecule has 230 valence electrons. The van der Waals surface area contributed by atoms with Gasteiger partial charge in [0.25, 0.3) is 0 Å². The summed E-state index contributed by atoms with van der Waals surface area (Å²) in [5.41, 5.74) is 9.55. The molecule has 8 nitrogen and oxygen atoms in total. The van der Waals surface area contributed by atoms with E-state index in [1.165, 1.54) is 36.4 Å². The largest absolute Gasteiger partial charge is 0.448 e. The van der Waals surface area contributed by atoms with E-state index in [0.717, 1.165) is 0 Å². The first-order valence-corrected chi connectivity index (χ1v) is 14.7. The van der Waals surface area contributed by atoms with Crippen molar-refractivity contribution in [3.8, 4) is 0 Å². The molecular weight excluding hydrogens is 626 g/mol. The van der Waals surface area contributed by atoms with Gasteiger partial charge in [-0.3, -0.25) is 9.59 Å². The molecule has 0 spiro atoms. The van der Waals surface area contributed by atoms with Crippen molar-refractivity contribution in [2.45, 2.75) is 78.7 Å². The lowest BCUT2D eigenvalue weighted by Gasteiger charge is -2.35. The molecule has 12 heteroatoms. The maximum Gasteiger partial charge on any atom is 0.418 e. The smallest absolute Gasteiger partial charge is 0.418 e. The van der Waals surface area contributed by atoms with Crippen LogP contribution >= 0.6 is 46.4 Å². The molecule has 0 fully saturated rings. The fraction of sp³-hybridized carbons (Fsp3) is 0.467. The van der Waals surface area contributed by atoms with Crippen molar-refractivity contribution in [3.05, 3.63) is 67.6 Å². The lowest BCUT2D eigenvalue weighted by molar-refractivity contribution is -0.183. The van der Waals surface area contributed by atoms with E-state index in [-0.39, 0.29) is 55.6 Å². The van der Waals surface area contributed by atoms with E-state index < -0.39 is 47.1 Å². The number of benzene rings is 2. The van der Waals surface area contributed by atoms with Crippen LogP contribution < -0.4 is 11.5 Å². The number of Topliss-reactive ketones (excluding diaryl/α,β-unsaturated/α-hetero) is 2. The number of esters is 2. The molecule has 0 saturated heterocycles. The minimum absolute atomic E-state index is 0.0206. The summed E-state index contributed by atoms with van der Waals surface area (Å²) in [6.45, 7) is 9.56. The van der Waals surface area contributed by atoms with Crippen LogP contribution in [0.2, 0.25) is 20.1 Å². The van der Waals surface area contributed by atoms with Crippen LogP contribution in [0.1, 0.15) is 77.7 Å². The minimum atomic E-state index is -1.41. The maximum absolute atomic E-state index is 13.3. The van der Waals surface area contributed by atoms with Crippen LogP contribution in [0.25, 0.3) is 0 Å². The molecule has 0 aliphatic carbocycles. The summed E-state index contributed by atoms with van der Waals surface area (Å²) in [6.07, 6.45) is -2.64. The number of carbonyl (C=O) groups is 4. The summed E-state index contributed by atoms with van der Waals surface area (Å²) >= 11 is 24.8. The van der Waals surface area contributed by atoms with E-state index in [2.05, 4.69) is 0 Å². The number of nitrogens with two attached hydrogens (primary N) is 2. The number of halogens is 4. The predicted molar refractivity (Wildman–Crippen MR) is 165 cm³/mol. The standard InChI is InChI=1S/C30H36Cl4N2O6/c1-15(35)7-23(37)29(3,4)25(17-9-19(31)13-20(32)10-17)41-27(39)28(40)42-26(18-11-21(33)14-22(34)12-18)30(5,6)24(38)8-16(2)36/h9-16,25-26H,7-8,35-36H2,1-6H3. The van der Waals surface area contributed by atoms with E-state index in [0.29, 0.717) is 0 Å². The maximum atomic E-state index is 13.3. The second kappa shape index (κ2) is 14.5. The van der Waals surface area contributed by atoms with Crippen LogP contribution in [-0.2, 0) is 28.7 Å². The Kier molecular flexibility index (Phi) is 12.4. The highest BCUT2D eigenvalue weighted by atomic mass is 35.5. The lowest BCUT2D eigenvalue weighted by atomic mass is 9.76. The molecule has 2 aromatic rings. The van der Waals surface area contributed by atoms with Gasteiger partial charge in [-0.15, -0.1) is 0 Å². The van der Waals surface area contributed by atoms with Crippen LogP contribution in [0.15, 0.2) is 36.4 Å². The van der Waals surface area contributed by atoms with Gasteiger partial charge in [-0.25, -0.2) is 9.59 Å². The molecule has 0 aromatic heterocycles. The molecule has 0 aliphatic heterocycles. The second-order valence-electron chi connectivity index (χ2n) is 11.6. The molecule has 4 atom stereocenters. The zero-order valence-electron chi connectivity index (χ0n) is 24.3. The third-order valence-corrected chi connectivity index (χ3v) is 7.63. The highest BCUT2D eigenvalue weighted by Gasteiger charge is 2.45.